The lowest BCUT2D eigenvalue weighted by atomic mass is 10.1. The highest BCUT2D eigenvalue weighted by molar-refractivity contribution is 6.30. The minimum atomic E-state index is -0.366. The smallest absolute Gasteiger partial charge is 0.142 e. The third-order valence-electron chi connectivity index (χ3n) is 3.05. The van der Waals surface area contributed by atoms with Gasteiger partial charge in [0.25, 0.3) is 0 Å². The van der Waals surface area contributed by atoms with E-state index in [1.54, 1.807) is 6.07 Å². The van der Waals surface area contributed by atoms with E-state index in [0.717, 1.165) is 30.6 Å². The van der Waals surface area contributed by atoms with E-state index in [1.165, 1.54) is 11.6 Å². The number of hydrogen-bond donors (Lipinski definition) is 2. The lowest BCUT2D eigenvalue weighted by Gasteiger charge is -2.05. The number of nitrogens with zero attached hydrogens (tertiary/aromatic N) is 1. The number of aromatic nitrogens is 2. The molecule has 1 aromatic carbocycles. The molecule has 0 aliphatic rings. The zero-order valence-electron chi connectivity index (χ0n) is 10.8. The predicted octanol–water partition coefficient (Wildman–Crippen LogP) is 3.23. The van der Waals surface area contributed by atoms with Crippen molar-refractivity contribution in [1.29, 1.82) is 0 Å². The summed E-state index contributed by atoms with van der Waals surface area (Å²) in [6.45, 7) is 3.56. The molecule has 0 fully saturated rings. The molecule has 0 saturated heterocycles. The number of aromatic amines is 1. The van der Waals surface area contributed by atoms with E-state index < -0.39 is 0 Å². The molecule has 5 heteroatoms. The lowest BCUT2D eigenvalue weighted by Crippen LogP contribution is -2.15. The lowest BCUT2D eigenvalue weighted by molar-refractivity contribution is 0.616. The predicted molar refractivity (Wildman–Crippen MR) is 74.8 cm³/mol. The van der Waals surface area contributed by atoms with Crippen LogP contribution in [0.1, 0.15) is 23.2 Å². The highest BCUT2D eigenvalue weighted by atomic mass is 35.5. The summed E-state index contributed by atoms with van der Waals surface area (Å²) in [6, 6.07) is 4.89. The van der Waals surface area contributed by atoms with Gasteiger partial charge in [0, 0.05) is 12.2 Å². The molecule has 2 N–H and O–H groups in total. The van der Waals surface area contributed by atoms with Gasteiger partial charge in [0.05, 0.1) is 11.2 Å². The number of halogens is 2. The molecule has 0 saturated carbocycles. The number of benzene rings is 1. The van der Waals surface area contributed by atoms with Crippen LogP contribution in [0, 0.1) is 12.7 Å². The van der Waals surface area contributed by atoms with Gasteiger partial charge in [0.15, 0.2) is 0 Å². The average Bonchev–Trinajstić information content (AvgIpc) is 2.79. The van der Waals surface area contributed by atoms with Crippen molar-refractivity contribution < 1.29 is 4.39 Å². The fourth-order valence-electron chi connectivity index (χ4n) is 1.91. The zero-order chi connectivity index (χ0) is 13.7. The van der Waals surface area contributed by atoms with Crippen molar-refractivity contribution in [2.24, 2.45) is 0 Å². The van der Waals surface area contributed by atoms with Gasteiger partial charge in [0.1, 0.15) is 5.82 Å². The quantitative estimate of drug-likeness (QED) is 0.798. The van der Waals surface area contributed by atoms with Crippen LogP contribution in [0.3, 0.4) is 0 Å². The van der Waals surface area contributed by atoms with Gasteiger partial charge < -0.3 is 5.32 Å². The Balaban J connectivity index is 1.69. The fraction of sp³-hybridized carbons (Fsp3) is 0.357. The van der Waals surface area contributed by atoms with Crippen LogP contribution in [0.4, 0.5) is 4.39 Å². The molecular formula is C14H17ClFN3. The van der Waals surface area contributed by atoms with Crippen molar-refractivity contribution in [1.82, 2.24) is 15.5 Å². The van der Waals surface area contributed by atoms with E-state index in [4.69, 9.17) is 11.6 Å². The summed E-state index contributed by atoms with van der Waals surface area (Å²) >= 11 is 5.63. The molecule has 2 rings (SSSR count). The summed E-state index contributed by atoms with van der Waals surface area (Å²) in [5, 5.41) is 10.4. The normalized spacial score (nSPS) is 10.9. The topological polar surface area (TPSA) is 40.7 Å². The molecule has 0 spiro atoms. The van der Waals surface area contributed by atoms with E-state index in [0.29, 0.717) is 6.54 Å². The Morgan fingerprint density at radius 3 is 2.95 bits per heavy atom. The molecule has 1 aromatic heterocycles. The largest absolute Gasteiger partial charge is 0.313 e. The highest BCUT2D eigenvalue weighted by Crippen LogP contribution is 2.15. The number of aryl methyl sites for hydroxylation is 2. The van der Waals surface area contributed by atoms with Crippen LogP contribution in [-0.2, 0) is 13.0 Å². The molecule has 19 heavy (non-hydrogen) atoms. The zero-order valence-corrected chi connectivity index (χ0v) is 11.6. The van der Waals surface area contributed by atoms with Crippen LogP contribution in [0.2, 0.25) is 5.02 Å². The van der Waals surface area contributed by atoms with Gasteiger partial charge in [-0.25, -0.2) is 4.39 Å². The second kappa shape index (κ2) is 6.68. The molecule has 0 amide bonds. The number of H-pyrrole nitrogens is 1. The molecule has 0 radical (unpaired) electrons. The Bertz CT molecular complexity index is 539. The standard InChI is InChI=1S/C14H17ClFN3/c1-10-12(9-18-19-10)3-2-6-17-8-11-4-5-13(15)14(16)7-11/h4-5,7,9,17H,2-3,6,8H2,1H3,(H,18,19). The average molecular weight is 282 g/mol. The van der Waals surface area contributed by atoms with Crippen molar-refractivity contribution in [3.63, 3.8) is 0 Å². The van der Waals surface area contributed by atoms with E-state index in [-0.39, 0.29) is 10.8 Å². The monoisotopic (exact) mass is 281 g/mol. The molecule has 2 aromatic rings. The van der Waals surface area contributed by atoms with Crippen LogP contribution < -0.4 is 5.32 Å². The van der Waals surface area contributed by atoms with Crippen molar-refractivity contribution >= 4 is 11.6 Å². The van der Waals surface area contributed by atoms with E-state index in [1.807, 2.05) is 19.2 Å². The van der Waals surface area contributed by atoms with Gasteiger partial charge >= 0.3 is 0 Å². The van der Waals surface area contributed by atoms with Gasteiger partial charge in [-0.15, -0.1) is 0 Å². The van der Waals surface area contributed by atoms with Gasteiger partial charge in [-0.3, -0.25) is 5.10 Å². The van der Waals surface area contributed by atoms with E-state index in [2.05, 4.69) is 15.5 Å². The summed E-state index contributed by atoms with van der Waals surface area (Å²) in [5.41, 5.74) is 3.28. The van der Waals surface area contributed by atoms with Gasteiger partial charge in [-0.2, -0.15) is 5.10 Å². The summed E-state index contributed by atoms with van der Waals surface area (Å²) in [6.07, 6.45) is 3.88. The van der Waals surface area contributed by atoms with Crippen molar-refractivity contribution in [3.05, 3.63) is 52.1 Å². The Labute approximate surface area is 117 Å². The maximum absolute atomic E-state index is 13.2. The number of hydrogen-bond acceptors (Lipinski definition) is 2. The van der Waals surface area contributed by atoms with Gasteiger partial charge in [0.2, 0.25) is 0 Å². The molecule has 102 valence electrons. The van der Waals surface area contributed by atoms with Gasteiger partial charge in [-0.1, -0.05) is 17.7 Å². The van der Waals surface area contributed by atoms with Crippen molar-refractivity contribution in [3.8, 4) is 0 Å². The molecule has 0 bridgehead atoms. The van der Waals surface area contributed by atoms with E-state index >= 15 is 0 Å². The summed E-state index contributed by atoms with van der Waals surface area (Å²) in [5.74, 6) is -0.366. The van der Waals surface area contributed by atoms with Gasteiger partial charge in [-0.05, 0) is 49.6 Å². The second-order valence-electron chi connectivity index (χ2n) is 4.55. The molecule has 0 aliphatic heterocycles. The van der Waals surface area contributed by atoms with E-state index in [9.17, 15) is 4.39 Å². The SMILES string of the molecule is Cc1[nH]ncc1CCCNCc1ccc(Cl)c(F)c1. The molecule has 0 unspecified atom stereocenters. The van der Waals surface area contributed by atoms with Crippen molar-refractivity contribution in [2.45, 2.75) is 26.3 Å². The molecular weight excluding hydrogens is 265 g/mol. The minimum Gasteiger partial charge on any atom is -0.313 e. The van der Waals surface area contributed by atoms with Crippen LogP contribution in [-0.4, -0.2) is 16.7 Å². The van der Waals surface area contributed by atoms with Crippen LogP contribution in [0.15, 0.2) is 24.4 Å². The first-order valence-electron chi connectivity index (χ1n) is 6.30. The summed E-state index contributed by atoms with van der Waals surface area (Å²) < 4.78 is 13.2. The minimum absolute atomic E-state index is 0.166. The fourth-order valence-corrected chi connectivity index (χ4v) is 2.03. The van der Waals surface area contributed by atoms with Crippen LogP contribution in [0.25, 0.3) is 0 Å². The summed E-state index contributed by atoms with van der Waals surface area (Å²) in [4.78, 5) is 0. The third kappa shape index (κ3) is 4.04. The Kier molecular flexibility index (Phi) is 4.93. The maximum atomic E-state index is 13.2. The molecule has 1 heterocycles. The first-order chi connectivity index (χ1) is 9.16. The molecule has 0 atom stereocenters. The van der Waals surface area contributed by atoms with Crippen molar-refractivity contribution in [2.75, 3.05) is 6.54 Å². The number of rotatable bonds is 6. The molecule has 3 nitrogen and oxygen atoms in total. The highest BCUT2D eigenvalue weighted by Gasteiger charge is 2.02. The Hall–Kier alpha value is -1.39. The van der Waals surface area contributed by atoms with Crippen LogP contribution in [0.5, 0.6) is 0 Å². The van der Waals surface area contributed by atoms with Crippen LogP contribution >= 0.6 is 11.6 Å². The second-order valence-corrected chi connectivity index (χ2v) is 4.96. The Morgan fingerprint density at radius 1 is 1.42 bits per heavy atom. The number of nitrogens with one attached hydrogen (secondary N) is 2. The maximum Gasteiger partial charge on any atom is 0.142 e. The summed E-state index contributed by atoms with van der Waals surface area (Å²) in [7, 11) is 0. The molecule has 0 aliphatic carbocycles. The first kappa shape index (κ1) is 14.0. The third-order valence-corrected chi connectivity index (χ3v) is 3.35. The Morgan fingerprint density at radius 2 is 2.26 bits per heavy atom. The first-order valence-corrected chi connectivity index (χ1v) is 6.68.